The van der Waals surface area contributed by atoms with Crippen LogP contribution in [0.1, 0.15) is 30.9 Å². The van der Waals surface area contributed by atoms with Crippen molar-refractivity contribution in [2.24, 2.45) is 5.92 Å². The van der Waals surface area contributed by atoms with Gasteiger partial charge in [0, 0.05) is 36.1 Å². The van der Waals surface area contributed by atoms with Crippen molar-refractivity contribution >= 4 is 45.8 Å². The van der Waals surface area contributed by atoms with Crippen LogP contribution in [-0.4, -0.2) is 76.9 Å². The highest BCUT2D eigenvalue weighted by Gasteiger charge is 2.32. The number of urea groups is 2. The number of ether oxygens (including phenoxy) is 1. The maximum absolute atomic E-state index is 13.6. The quantitative estimate of drug-likeness (QED) is 0.214. The summed E-state index contributed by atoms with van der Waals surface area (Å²) in [4.78, 5) is 43.0. The molecule has 0 spiro atoms. The summed E-state index contributed by atoms with van der Waals surface area (Å²) in [6.45, 7) is 7.54. The molecule has 5 amide bonds. The number of carbonyl (C=O) groups is 3. The number of aliphatic hydroxyl groups is 1. The molecular formula is C34H40N6O6. The Bertz CT molecular complexity index is 1710. The van der Waals surface area contributed by atoms with E-state index in [1.165, 1.54) is 0 Å². The van der Waals surface area contributed by atoms with Gasteiger partial charge in [-0.15, -0.1) is 0 Å². The molecular weight excluding hydrogens is 588 g/mol. The maximum Gasteiger partial charge on any atom is 0.323 e. The molecule has 3 atom stereocenters. The number of carbonyl (C=O) groups excluding carboxylic acids is 3. The van der Waals surface area contributed by atoms with E-state index in [1.54, 1.807) is 55.8 Å². The second kappa shape index (κ2) is 13.9. The van der Waals surface area contributed by atoms with Crippen LogP contribution in [-0.2, 0) is 11.2 Å². The van der Waals surface area contributed by atoms with Crippen LogP contribution in [0.5, 0.6) is 5.75 Å². The van der Waals surface area contributed by atoms with E-state index in [1.807, 2.05) is 49.4 Å². The normalized spacial score (nSPS) is 17.2. The number of fused-ring (bicyclic) bond motifs is 2. The monoisotopic (exact) mass is 628 g/mol. The van der Waals surface area contributed by atoms with Gasteiger partial charge in [0.2, 0.25) is 5.91 Å². The smallest absolute Gasteiger partial charge is 0.323 e. The van der Waals surface area contributed by atoms with E-state index in [-0.39, 0.29) is 37.4 Å². The molecule has 3 aromatic carbocycles. The van der Waals surface area contributed by atoms with Crippen LogP contribution >= 0.6 is 0 Å². The van der Waals surface area contributed by atoms with Gasteiger partial charge in [-0.1, -0.05) is 48.5 Å². The summed E-state index contributed by atoms with van der Waals surface area (Å²) in [6, 6.07) is 17.5. The first kappa shape index (κ1) is 32.3. The maximum atomic E-state index is 13.6. The number of likely N-dealkylation sites (N-methyl/N-ethyl adjacent to an activating group) is 1. The fourth-order valence-electron chi connectivity index (χ4n) is 5.56. The fourth-order valence-corrected chi connectivity index (χ4v) is 5.56. The number of aromatic nitrogens is 1. The molecule has 46 heavy (non-hydrogen) atoms. The van der Waals surface area contributed by atoms with Gasteiger partial charge in [-0.2, -0.15) is 0 Å². The van der Waals surface area contributed by atoms with Gasteiger partial charge in [0.15, 0.2) is 5.76 Å². The zero-order chi connectivity index (χ0) is 33.0. The molecule has 0 radical (unpaired) electrons. The number of rotatable bonds is 7. The molecule has 0 aliphatic carbocycles. The highest BCUT2D eigenvalue weighted by Crippen LogP contribution is 2.30. The first-order valence-electron chi connectivity index (χ1n) is 15.2. The number of nitrogens with one attached hydrogen (secondary N) is 3. The van der Waals surface area contributed by atoms with E-state index in [0.717, 1.165) is 10.8 Å². The largest absolute Gasteiger partial charge is 0.488 e. The van der Waals surface area contributed by atoms with Crippen molar-refractivity contribution < 1.29 is 28.8 Å². The number of nitrogens with zero attached hydrogens (tertiary/aromatic N) is 3. The van der Waals surface area contributed by atoms with Gasteiger partial charge in [0.1, 0.15) is 23.2 Å². The Hall–Kier alpha value is -5.10. The molecule has 12 heteroatoms. The SMILES string of the molecule is Cc1noc(C)c1NC(=O)Nc1ccc2c(c1)CC(=O)N([C@@H](C)CO)C[C@H](C)[C@H](CN(C)C(=O)Nc1cccc3ccccc13)O2. The summed E-state index contributed by atoms with van der Waals surface area (Å²) >= 11 is 0. The average Bonchev–Trinajstić information content (AvgIpc) is 3.37. The molecule has 12 nitrogen and oxygen atoms in total. The third-order valence-corrected chi connectivity index (χ3v) is 8.28. The Morgan fingerprint density at radius 2 is 1.85 bits per heavy atom. The van der Waals surface area contributed by atoms with E-state index < -0.39 is 18.2 Å². The third kappa shape index (κ3) is 7.23. The van der Waals surface area contributed by atoms with Crippen molar-refractivity contribution in [3.8, 4) is 5.75 Å². The molecule has 5 rings (SSSR count). The lowest BCUT2D eigenvalue weighted by Gasteiger charge is -2.34. The number of anilines is 3. The molecule has 0 unspecified atom stereocenters. The number of aryl methyl sites for hydroxylation is 2. The zero-order valence-electron chi connectivity index (χ0n) is 26.7. The van der Waals surface area contributed by atoms with Crippen molar-refractivity contribution in [1.29, 1.82) is 0 Å². The predicted molar refractivity (Wildman–Crippen MR) is 176 cm³/mol. The van der Waals surface area contributed by atoms with Crippen LogP contribution in [0, 0.1) is 19.8 Å². The number of benzene rings is 3. The Morgan fingerprint density at radius 3 is 2.59 bits per heavy atom. The Balaban J connectivity index is 1.37. The molecule has 242 valence electrons. The van der Waals surface area contributed by atoms with Crippen LogP contribution < -0.4 is 20.7 Å². The van der Waals surface area contributed by atoms with Crippen molar-refractivity contribution in [2.45, 2.75) is 46.3 Å². The van der Waals surface area contributed by atoms with Gasteiger partial charge in [-0.05, 0) is 50.4 Å². The van der Waals surface area contributed by atoms with E-state index in [9.17, 15) is 19.5 Å². The molecule has 1 aliphatic rings. The van der Waals surface area contributed by atoms with Crippen molar-refractivity contribution in [2.75, 3.05) is 42.7 Å². The molecule has 0 bridgehead atoms. The predicted octanol–water partition coefficient (Wildman–Crippen LogP) is 5.40. The lowest BCUT2D eigenvalue weighted by Crippen LogP contribution is -2.48. The number of aliphatic hydroxyl groups excluding tert-OH is 1. The lowest BCUT2D eigenvalue weighted by molar-refractivity contribution is -0.134. The topological polar surface area (TPSA) is 149 Å². The summed E-state index contributed by atoms with van der Waals surface area (Å²) in [5, 5.41) is 24.3. The highest BCUT2D eigenvalue weighted by molar-refractivity contribution is 6.02. The molecule has 0 saturated heterocycles. The van der Waals surface area contributed by atoms with E-state index in [0.29, 0.717) is 46.4 Å². The van der Waals surface area contributed by atoms with Crippen molar-refractivity contribution in [3.63, 3.8) is 0 Å². The lowest BCUT2D eigenvalue weighted by atomic mass is 10.0. The van der Waals surface area contributed by atoms with Crippen LogP contribution in [0.25, 0.3) is 10.8 Å². The zero-order valence-corrected chi connectivity index (χ0v) is 26.7. The summed E-state index contributed by atoms with van der Waals surface area (Å²) in [5.41, 5.74) is 2.76. The molecule has 4 N–H and O–H groups in total. The molecule has 2 heterocycles. The van der Waals surface area contributed by atoms with E-state index in [4.69, 9.17) is 9.26 Å². The first-order valence-corrected chi connectivity index (χ1v) is 15.2. The molecule has 1 aliphatic heterocycles. The van der Waals surface area contributed by atoms with Crippen LogP contribution in [0.2, 0.25) is 0 Å². The van der Waals surface area contributed by atoms with Crippen molar-refractivity contribution in [3.05, 3.63) is 77.7 Å². The molecule has 0 saturated carbocycles. The number of hydrogen-bond donors (Lipinski definition) is 4. The highest BCUT2D eigenvalue weighted by atomic mass is 16.5. The molecule has 0 fully saturated rings. The minimum Gasteiger partial charge on any atom is -0.488 e. The summed E-state index contributed by atoms with van der Waals surface area (Å²) in [5.74, 6) is 0.576. The average molecular weight is 629 g/mol. The molecule has 4 aromatic rings. The fraction of sp³-hybridized carbons (Fsp3) is 0.353. The molecule has 1 aromatic heterocycles. The van der Waals surface area contributed by atoms with Crippen LogP contribution in [0.15, 0.2) is 65.2 Å². The van der Waals surface area contributed by atoms with Gasteiger partial charge >= 0.3 is 12.1 Å². The van der Waals surface area contributed by atoms with Gasteiger partial charge in [0.05, 0.1) is 31.3 Å². The van der Waals surface area contributed by atoms with Gasteiger partial charge in [-0.25, -0.2) is 9.59 Å². The van der Waals surface area contributed by atoms with Gasteiger partial charge in [0.25, 0.3) is 0 Å². The summed E-state index contributed by atoms with van der Waals surface area (Å²) in [7, 11) is 1.70. The third-order valence-electron chi connectivity index (χ3n) is 8.28. The Labute approximate surface area is 267 Å². The van der Waals surface area contributed by atoms with E-state index in [2.05, 4.69) is 21.1 Å². The Morgan fingerprint density at radius 1 is 1.09 bits per heavy atom. The van der Waals surface area contributed by atoms with Gasteiger partial charge in [-0.3, -0.25) is 4.79 Å². The number of hydrogen-bond acceptors (Lipinski definition) is 7. The minimum atomic E-state index is -0.497. The van der Waals surface area contributed by atoms with Crippen molar-refractivity contribution in [1.82, 2.24) is 15.0 Å². The second-order valence-electron chi connectivity index (χ2n) is 11.8. The van der Waals surface area contributed by atoms with E-state index >= 15 is 0 Å². The van der Waals surface area contributed by atoms with Crippen LogP contribution in [0.4, 0.5) is 26.7 Å². The first-order chi connectivity index (χ1) is 22.0. The minimum absolute atomic E-state index is 0.00245. The van der Waals surface area contributed by atoms with Crippen LogP contribution in [0.3, 0.4) is 0 Å². The van der Waals surface area contributed by atoms with Gasteiger partial charge < -0.3 is 40.1 Å². The Kier molecular flexibility index (Phi) is 9.76. The summed E-state index contributed by atoms with van der Waals surface area (Å²) in [6.07, 6.45) is -0.500. The summed E-state index contributed by atoms with van der Waals surface area (Å²) < 4.78 is 11.7. The number of amides is 5. The standard InChI is InChI=1S/C34H40N6O6/c1-20-17-40(21(2)19-41)31(42)16-25-15-26(35-33(43)37-32-22(3)38-46-23(32)4)13-14-29(25)45-30(20)18-39(5)34(44)36-28-12-8-10-24-9-6-7-11-27(24)28/h6-15,20-21,30,41H,16-19H2,1-5H3,(H,36,44)(H2,35,37,43)/t20-,21-,30-/m0/s1. The second-order valence-corrected chi connectivity index (χ2v) is 11.8.